The fourth-order valence-electron chi connectivity index (χ4n) is 2.44. The molecule has 0 spiro atoms. The Bertz CT molecular complexity index is 646. The first-order valence-corrected chi connectivity index (χ1v) is 8.55. The lowest BCUT2D eigenvalue weighted by Gasteiger charge is -2.30. The average Bonchev–Trinajstić information content (AvgIpc) is 2.83. The highest BCUT2D eigenvalue weighted by molar-refractivity contribution is 6.02. The minimum atomic E-state index is 0.889. The molecule has 4 nitrogen and oxygen atoms in total. The van der Waals surface area contributed by atoms with E-state index in [1.54, 1.807) is 6.26 Å². The Morgan fingerprint density at radius 1 is 1.12 bits per heavy atom. The third-order valence-electron chi connectivity index (χ3n) is 3.76. The summed E-state index contributed by atoms with van der Waals surface area (Å²) in [7, 11) is 0. The van der Waals surface area contributed by atoms with E-state index in [1.807, 2.05) is 39.0 Å². The molecule has 2 heterocycles. The van der Waals surface area contributed by atoms with Crippen LogP contribution in [-0.4, -0.2) is 36.9 Å². The van der Waals surface area contributed by atoms with Crippen molar-refractivity contribution in [3.8, 4) is 18.6 Å². The number of piperazine rings is 1. The number of benzene rings is 1. The molecule has 0 aromatic heterocycles. The second kappa shape index (κ2) is 11.1. The Labute approximate surface area is 152 Å². The second-order valence-corrected chi connectivity index (χ2v) is 5.72. The summed E-state index contributed by atoms with van der Waals surface area (Å²) in [4.78, 5) is 7.07. The van der Waals surface area contributed by atoms with E-state index in [0.717, 1.165) is 49.0 Å². The van der Waals surface area contributed by atoms with Gasteiger partial charge in [0.2, 0.25) is 0 Å². The second-order valence-electron chi connectivity index (χ2n) is 5.72. The van der Waals surface area contributed by atoms with Gasteiger partial charge >= 0.3 is 0 Å². The summed E-state index contributed by atoms with van der Waals surface area (Å²) in [5, 5.41) is 3.37. The summed E-state index contributed by atoms with van der Waals surface area (Å²) >= 11 is 0. The lowest BCUT2D eigenvalue weighted by Crippen LogP contribution is -2.46. The molecule has 1 aromatic rings. The van der Waals surface area contributed by atoms with E-state index in [9.17, 15) is 0 Å². The molecule has 2 aliphatic rings. The molecule has 0 saturated carbocycles. The van der Waals surface area contributed by atoms with Crippen molar-refractivity contribution >= 4 is 5.84 Å². The van der Waals surface area contributed by atoms with Gasteiger partial charge in [-0.05, 0) is 39.8 Å². The maximum absolute atomic E-state index is 5.72. The van der Waals surface area contributed by atoms with Crippen LogP contribution in [0.5, 0.6) is 5.75 Å². The number of hydrogen-bond donors (Lipinski definition) is 1. The number of rotatable bonds is 0. The third-order valence-corrected chi connectivity index (χ3v) is 3.76. The molecular weight excluding hydrogens is 310 g/mol. The first kappa shape index (κ1) is 20.5. The molecule has 134 valence electrons. The van der Waals surface area contributed by atoms with Crippen molar-refractivity contribution in [1.29, 1.82) is 0 Å². The zero-order chi connectivity index (χ0) is 18.7. The Morgan fingerprint density at radius 2 is 1.76 bits per heavy atom. The van der Waals surface area contributed by atoms with Gasteiger partial charge in [0.05, 0.1) is 11.3 Å². The lowest BCUT2D eigenvalue weighted by atomic mass is 10.1. The van der Waals surface area contributed by atoms with Crippen LogP contribution >= 0.6 is 0 Å². The van der Waals surface area contributed by atoms with Crippen molar-refractivity contribution in [3.63, 3.8) is 0 Å². The van der Waals surface area contributed by atoms with Crippen LogP contribution in [0.4, 0.5) is 0 Å². The Hall–Kier alpha value is -2.51. The molecule has 0 bridgehead atoms. The molecular formula is C21H29N3O. The van der Waals surface area contributed by atoms with Crippen molar-refractivity contribution in [3.05, 3.63) is 53.4 Å². The standard InChI is InChI=1S/C15H19N3O.C4H8.C2H2/c1-11-3-4-14-13(9-11)15(17-12(2)10-19-14)18-7-5-16-6-8-18;1-3-4-2;1-2/h3-4,9-10,16H,5-8H2,1-2H3;3-4H,1-2H3;1-2H/b;4-3-;. The van der Waals surface area contributed by atoms with Gasteiger partial charge in [-0.25, -0.2) is 4.99 Å². The minimum absolute atomic E-state index is 0.889. The molecule has 1 N–H and O–H groups in total. The quantitative estimate of drug-likeness (QED) is 0.578. The van der Waals surface area contributed by atoms with E-state index in [2.05, 4.69) is 42.1 Å². The van der Waals surface area contributed by atoms with E-state index in [4.69, 9.17) is 9.73 Å². The Morgan fingerprint density at radius 3 is 2.36 bits per heavy atom. The summed E-state index contributed by atoms with van der Waals surface area (Å²) in [6.07, 6.45) is 13.7. The van der Waals surface area contributed by atoms with Crippen LogP contribution in [0, 0.1) is 19.8 Å². The van der Waals surface area contributed by atoms with Crippen LogP contribution in [0.3, 0.4) is 0 Å². The number of ether oxygens (including phenoxy) is 1. The highest BCUT2D eigenvalue weighted by Crippen LogP contribution is 2.26. The zero-order valence-corrected chi connectivity index (χ0v) is 15.7. The monoisotopic (exact) mass is 339 g/mol. The van der Waals surface area contributed by atoms with E-state index < -0.39 is 0 Å². The van der Waals surface area contributed by atoms with Gasteiger partial charge in [0, 0.05) is 26.2 Å². The van der Waals surface area contributed by atoms with Gasteiger partial charge in [0.25, 0.3) is 0 Å². The van der Waals surface area contributed by atoms with Gasteiger partial charge in [0.1, 0.15) is 17.8 Å². The summed E-state index contributed by atoms with van der Waals surface area (Å²) < 4.78 is 5.72. The maximum atomic E-state index is 5.72. The molecule has 0 atom stereocenters. The van der Waals surface area contributed by atoms with Crippen molar-refractivity contribution in [2.75, 3.05) is 26.2 Å². The number of hydrogen-bond acceptors (Lipinski definition) is 4. The van der Waals surface area contributed by atoms with Crippen LogP contribution in [0.25, 0.3) is 0 Å². The first-order chi connectivity index (χ1) is 12.2. The van der Waals surface area contributed by atoms with Gasteiger partial charge < -0.3 is 15.0 Å². The van der Waals surface area contributed by atoms with Crippen LogP contribution in [-0.2, 0) is 0 Å². The molecule has 1 aromatic carbocycles. The maximum Gasteiger partial charge on any atom is 0.140 e. The zero-order valence-electron chi connectivity index (χ0n) is 15.7. The SMILES string of the molecule is C#C.C/C=C\C.CC1=COc2ccc(C)cc2C(N2CCNCC2)=N1. The molecule has 1 fully saturated rings. The highest BCUT2D eigenvalue weighted by Gasteiger charge is 2.21. The fraction of sp³-hybridized carbons (Fsp3) is 0.381. The number of nitrogens with one attached hydrogen (secondary N) is 1. The number of aliphatic imine (C=N–C) groups is 1. The normalized spacial score (nSPS) is 16.0. The first-order valence-electron chi connectivity index (χ1n) is 8.55. The van der Waals surface area contributed by atoms with E-state index in [1.165, 1.54) is 5.56 Å². The number of allylic oxidation sites excluding steroid dienone is 3. The average molecular weight is 339 g/mol. The van der Waals surface area contributed by atoms with Gasteiger partial charge in [-0.1, -0.05) is 23.8 Å². The Balaban J connectivity index is 0.000000461. The van der Waals surface area contributed by atoms with E-state index in [-0.39, 0.29) is 0 Å². The topological polar surface area (TPSA) is 36.9 Å². The van der Waals surface area contributed by atoms with Crippen LogP contribution < -0.4 is 10.1 Å². The number of aryl methyl sites for hydroxylation is 1. The van der Waals surface area contributed by atoms with Crippen LogP contribution in [0.15, 0.2) is 47.3 Å². The lowest BCUT2D eigenvalue weighted by molar-refractivity contribution is 0.357. The van der Waals surface area contributed by atoms with Crippen LogP contribution in [0.1, 0.15) is 31.9 Å². The van der Waals surface area contributed by atoms with Crippen LogP contribution in [0.2, 0.25) is 0 Å². The predicted molar refractivity (Wildman–Crippen MR) is 107 cm³/mol. The smallest absolute Gasteiger partial charge is 0.140 e. The summed E-state index contributed by atoms with van der Waals surface area (Å²) in [6, 6.07) is 6.25. The van der Waals surface area contributed by atoms with E-state index in [0.29, 0.717) is 0 Å². The number of amidine groups is 1. The fourth-order valence-corrected chi connectivity index (χ4v) is 2.44. The molecule has 3 rings (SSSR count). The molecule has 0 unspecified atom stereocenters. The van der Waals surface area contributed by atoms with Crippen molar-refractivity contribution in [2.24, 2.45) is 4.99 Å². The largest absolute Gasteiger partial charge is 0.462 e. The molecule has 2 aliphatic heterocycles. The number of terminal acetylenes is 1. The van der Waals surface area contributed by atoms with Gasteiger partial charge in [-0.3, -0.25) is 0 Å². The number of nitrogens with zero attached hydrogens (tertiary/aromatic N) is 2. The highest BCUT2D eigenvalue weighted by atomic mass is 16.5. The van der Waals surface area contributed by atoms with Gasteiger partial charge in [-0.15, -0.1) is 12.8 Å². The van der Waals surface area contributed by atoms with Crippen molar-refractivity contribution in [2.45, 2.75) is 27.7 Å². The molecule has 0 aliphatic carbocycles. The summed E-state index contributed by atoms with van der Waals surface area (Å²) in [6.45, 7) is 12.0. The minimum Gasteiger partial charge on any atom is -0.462 e. The molecule has 1 saturated heterocycles. The summed E-state index contributed by atoms with van der Waals surface area (Å²) in [5.74, 6) is 1.92. The molecule has 25 heavy (non-hydrogen) atoms. The van der Waals surface area contributed by atoms with Gasteiger partial charge in [-0.2, -0.15) is 0 Å². The summed E-state index contributed by atoms with van der Waals surface area (Å²) in [5.41, 5.74) is 3.22. The third kappa shape index (κ3) is 6.13. The Kier molecular flexibility index (Phi) is 9.13. The van der Waals surface area contributed by atoms with Crippen molar-refractivity contribution in [1.82, 2.24) is 10.2 Å². The predicted octanol–water partition coefficient (Wildman–Crippen LogP) is 3.73. The van der Waals surface area contributed by atoms with Crippen molar-refractivity contribution < 1.29 is 4.74 Å². The molecule has 4 heteroatoms. The molecule has 0 radical (unpaired) electrons. The molecule has 0 amide bonds. The number of fused-ring (bicyclic) bond motifs is 1. The van der Waals surface area contributed by atoms with Gasteiger partial charge in [0.15, 0.2) is 0 Å². The van der Waals surface area contributed by atoms with E-state index >= 15 is 0 Å².